The number of aryl methyl sites for hydroxylation is 1. The minimum Gasteiger partial charge on any atom is -0.357 e. The molecule has 28 heavy (non-hydrogen) atoms. The van der Waals surface area contributed by atoms with E-state index in [1.54, 1.807) is 13.0 Å². The van der Waals surface area contributed by atoms with Gasteiger partial charge in [0.25, 0.3) is 0 Å². The molecule has 2 aromatic rings. The van der Waals surface area contributed by atoms with Gasteiger partial charge in [-0.1, -0.05) is 30.3 Å². The van der Waals surface area contributed by atoms with Gasteiger partial charge >= 0.3 is 0 Å². The zero-order valence-electron chi connectivity index (χ0n) is 16.1. The summed E-state index contributed by atoms with van der Waals surface area (Å²) in [5.74, 6) is 0.598. The molecule has 3 rings (SSSR count). The summed E-state index contributed by atoms with van der Waals surface area (Å²) in [5, 5.41) is 9.47. The van der Waals surface area contributed by atoms with Gasteiger partial charge in [-0.3, -0.25) is 4.79 Å². The second-order valence-corrected chi connectivity index (χ2v) is 6.70. The number of amides is 1. The number of anilines is 1. The topological polar surface area (TPSA) is 65.5 Å². The van der Waals surface area contributed by atoms with Gasteiger partial charge in [0.15, 0.2) is 5.96 Å². The highest BCUT2D eigenvalue weighted by Crippen LogP contribution is 2.31. The fourth-order valence-electron chi connectivity index (χ4n) is 3.22. The van der Waals surface area contributed by atoms with Gasteiger partial charge in [-0.05, 0) is 42.7 Å². The molecule has 2 aromatic carbocycles. The quantitative estimate of drug-likeness (QED) is 0.334. The minimum absolute atomic E-state index is 0. The van der Waals surface area contributed by atoms with E-state index in [4.69, 9.17) is 0 Å². The Kier molecular flexibility index (Phi) is 8.22. The van der Waals surface area contributed by atoms with Crippen molar-refractivity contribution in [2.45, 2.75) is 32.7 Å². The number of hydrogen-bond donors (Lipinski definition) is 3. The monoisotopic (exact) mass is 496 g/mol. The lowest BCUT2D eigenvalue weighted by Crippen LogP contribution is -2.40. The molecule has 150 valence electrons. The number of para-hydroxylation sites is 1. The SMILES string of the molecule is CCNC(=NCc1ccc(F)c(C)c1)NCC1CC(=O)Nc2ccccc21.I. The van der Waals surface area contributed by atoms with Crippen LogP contribution in [0.25, 0.3) is 0 Å². The average Bonchev–Trinajstić information content (AvgIpc) is 2.66. The van der Waals surface area contributed by atoms with E-state index in [1.807, 2.05) is 37.3 Å². The third kappa shape index (κ3) is 5.67. The lowest BCUT2D eigenvalue weighted by molar-refractivity contribution is -0.116. The zero-order chi connectivity index (χ0) is 19.2. The molecule has 3 N–H and O–H groups in total. The van der Waals surface area contributed by atoms with E-state index in [1.165, 1.54) is 6.07 Å². The van der Waals surface area contributed by atoms with Crippen molar-refractivity contribution in [1.82, 2.24) is 10.6 Å². The summed E-state index contributed by atoms with van der Waals surface area (Å²) in [6, 6.07) is 12.9. The number of nitrogens with one attached hydrogen (secondary N) is 3. The van der Waals surface area contributed by atoms with Crippen molar-refractivity contribution in [3.05, 3.63) is 65.0 Å². The van der Waals surface area contributed by atoms with Gasteiger partial charge in [0.1, 0.15) is 5.82 Å². The van der Waals surface area contributed by atoms with Crippen LogP contribution in [0.4, 0.5) is 10.1 Å². The molecule has 0 fully saturated rings. The number of rotatable bonds is 5. The molecule has 5 nitrogen and oxygen atoms in total. The second-order valence-electron chi connectivity index (χ2n) is 6.70. The van der Waals surface area contributed by atoms with Crippen LogP contribution in [0.5, 0.6) is 0 Å². The van der Waals surface area contributed by atoms with Crippen LogP contribution < -0.4 is 16.0 Å². The fraction of sp³-hybridized carbons (Fsp3) is 0.333. The standard InChI is InChI=1S/C21H25FN4O.HI/c1-3-23-21(24-12-15-8-9-18(22)14(2)10-15)25-13-16-11-20(27)26-19-7-5-4-6-17(16)19;/h4-10,16H,3,11-13H2,1-2H3,(H,26,27)(H2,23,24,25);1H. The maximum Gasteiger partial charge on any atom is 0.225 e. The largest absolute Gasteiger partial charge is 0.357 e. The summed E-state index contributed by atoms with van der Waals surface area (Å²) < 4.78 is 13.4. The molecule has 0 saturated carbocycles. The van der Waals surface area contributed by atoms with Crippen molar-refractivity contribution in [3.63, 3.8) is 0 Å². The van der Waals surface area contributed by atoms with Crippen LogP contribution in [0.15, 0.2) is 47.5 Å². The first-order chi connectivity index (χ1) is 13.1. The van der Waals surface area contributed by atoms with Crippen molar-refractivity contribution >= 4 is 41.5 Å². The van der Waals surface area contributed by atoms with Gasteiger partial charge in [0, 0.05) is 31.1 Å². The maximum atomic E-state index is 13.4. The molecule has 1 heterocycles. The van der Waals surface area contributed by atoms with E-state index in [2.05, 4.69) is 20.9 Å². The van der Waals surface area contributed by atoms with Gasteiger partial charge in [0.2, 0.25) is 5.91 Å². The highest BCUT2D eigenvalue weighted by atomic mass is 127. The number of fused-ring (bicyclic) bond motifs is 1. The zero-order valence-corrected chi connectivity index (χ0v) is 18.4. The van der Waals surface area contributed by atoms with Gasteiger partial charge in [-0.2, -0.15) is 0 Å². The molecule has 0 radical (unpaired) electrons. The van der Waals surface area contributed by atoms with Crippen LogP contribution >= 0.6 is 24.0 Å². The van der Waals surface area contributed by atoms with E-state index in [-0.39, 0.29) is 41.6 Å². The van der Waals surface area contributed by atoms with Gasteiger partial charge < -0.3 is 16.0 Å². The molecule has 0 aromatic heterocycles. The lowest BCUT2D eigenvalue weighted by Gasteiger charge is -2.26. The predicted molar refractivity (Wildman–Crippen MR) is 122 cm³/mol. The summed E-state index contributed by atoms with van der Waals surface area (Å²) >= 11 is 0. The summed E-state index contributed by atoms with van der Waals surface area (Å²) in [4.78, 5) is 16.5. The van der Waals surface area contributed by atoms with Crippen molar-refractivity contribution in [1.29, 1.82) is 0 Å². The van der Waals surface area contributed by atoms with Gasteiger partial charge in [0.05, 0.1) is 6.54 Å². The highest BCUT2D eigenvalue weighted by Gasteiger charge is 2.24. The Morgan fingerprint density at radius 2 is 2.04 bits per heavy atom. The van der Waals surface area contributed by atoms with E-state index in [0.29, 0.717) is 31.0 Å². The smallest absolute Gasteiger partial charge is 0.225 e. The molecule has 1 aliphatic heterocycles. The molecule has 1 aliphatic rings. The normalized spacial score (nSPS) is 15.9. The first kappa shape index (κ1) is 22.1. The summed E-state index contributed by atoms with van der Waals surface area (Å²) in [6.45, 7) is 5.55. The summed E-state index contributed by atoms with van der Waals surface area (Å²) in [5.41, 5.74) is 3.58. The van der Waals surface area contributed by atoms with E-state index < -0.39 is 0 Å². The van der Waals surface area contributed by atoms with E-state index >= 15 is 0 Å². The van der Waals surface area contributed by atoms with Crippen LogP contribution in [0.1, 0.15) is 36.0 Å². The number of nitrogens with zero attached hydrogens (tertiary/aromatic N) is 1. The van der Waals surface area contributed by atoms with Crippen LogP contribution in [0.3, 0.4) is 0 Å². The molecule has 0 aliphatic carbocycles. The molecular formula is C21H26FIN4O. The molecular weight excluding hydrogens is 470 g/mol. The molecule has 1 unspecified atom stereocenters. The molecule has 0 bridgehead atoms. The Hall–Kier alpha value is -2.16. The minimum atomic E-state index is -0.206. The molecule has 1 atom stereocenters. The Morgan fingerprint density at radius 3 is 2.79 bits per heavy atom. The lowest BCUT2D eigenvalue weighted by atomic mass is 9.90. The number of benzene rings is 2. The first-order valence-corrected chi connectivity index (χ1v) is 9.22. The van der Waals surface area contributed by atoms with Crippen molar-refractivity contribution in [3.8, 4) is 0 Å². The molecule has 7 heteroatoms. The molecule has 1 amide bonds. The van der Waals surface area contributed by atoms with Gasteiger partial charge in [-0.25, -0.2) is 9.38 Å². The van der Waals surface area contributed by atoms with Crippen LogP contribution in [0.2, 0.25) is 0 Å². The second kappa shape index (κ2) is 10.4. The first-order valence-electron chi connectivity index (χ1n) is 9.22. The average molecular weight is 496 g/mol. The van der Waals surface area contributed by atoms with Crippen LogP contribution in [0, 0.1) is 12.7 Å². The number of guanidine groups is 1. The maximum absolute atomic E-state index is 13.4. The van der Waals surface area contributed by atoms with Crippen LogP contribution in [-0.2, 0) is 11.3 Å². The highest BCUT2D eigenvalue weighted by molar-refractivity contribution is 14.0. The van der Waals surface area contributed by atoms with Crippen molar-refractivity contribution in [2.24, 2.45) is 4.99 Å². The Balaban J connectivity index is 0.00000280. The number of carbonyl (C=O) groups excluding carboxylic acids is 1. The Bertz CT molecular complexity index is 856. The summed E-state index contributed by atoms with van der Waals surface area (Å²) in [6.07, 6.45) is 0.445. The number of halogens is 2. The third-order valence-electron chi connectivity index (χ3n) is 4.61. The van der Waals surface area contributed by atoms with Crippen molar-refractivity contribution < 1.29 is 9.18 Å². The predicted octanol–water partition coefficient (Wildman–Crippen LogP) is 3.93. The van der Waals surface area contributed by atoms with Crippen molar-refractivity contribution in [2.75, 3.05) is 18.4 Å². The molecule has 0 saturated heterocycles. The number of carbonyl (C=O) groups is 1. The number of hydrogen-bond acceptors (Lipinski definition) is 2. The number of aliphatic imine (C=N–C) groups is 1. The van der Waals surface area contributed by atoms with Crippen LogP contribution in [-0.4, -0.2) is 25.0 Å². The Labute approximate surface area is 182 Å². The molecule has 0 spiro atoms. The van der Waals surface area contributed by atoms with E-state index in [0.717, 1.165) is 23.4 Å². The van der Waals surface area contributed by atoms with Gasteiger partial charge in [-0.15, -0.1) is 24.0 Å². The summed E-state index contributed by atoms with van der Waals surface area (Å²) in [7, 11) is 0. The van der Waals surface area contributed by atoms with E-state index in [9.17, 15) is 9.18 Å². The Morgan fingerprint density at radius 1 is 1.25 bits per heavy atom. The fourth-order valence-corrected chi connectivity index (χ4v) is 3.22. The third-order valence-corrected chi connectivity index (χ3v) is 4.61.